The Labute approximate surface area is 142 Å². The van der Waals surface area contributed by atoms with Crippen molar-refractivity contribution >= 4 is 11.0 Å². The first-order chi connectivity index (χ1) is 11.7. The summed E-state index contributed by atoms with van der Waals surface area (Å²) in [6.45, 7) is 2.07. The van der Waals surface area contributed by atoms with Crippen molar-refractivity contribution in [1.82, 2.24) is 14.5 Å². The zero-order valence-electron chi connectivity index (χ0n) is 14.1. The number of fused-ring (bicyclic) bond motifs is 1. The van der Waals surface area contributed by atoms with Gasteiger partial charge >= 0.3 is 0 Å². The number of methoxy groups -OCH3 is 1. The predicted molar refractivity (Wildman–Crippen MR) is 94.9 cm³/mol. The van der Waals surface area contributed by atoms with E-state index in [1.54, 1.807) is 7.11 Å². The number of benzene rings is 2. The van der Waals surface area contributed by atoms with Gasteiger partial charge in [0.05, 0.1) is 31.3 Å². The Morgan fingerprint density at radius 2 is 1.83 bits per heavy atom. The number of aliphatic hydroxyl groups excluding tert-OH is 1. The molecule has 1 N–H and O–H groups in total. The van der Waals surface area contributed by atoms with Crippen molar-refractivity contribution in [2.24, 2.45) is 7.05 Å². The zero-order chi connectivity index (χ0) is 16.9. The minimum Gasteiger partial charge on any atom is -0.496 e. The number of nitrogens with zero attached hydrogens (tertiary/aromatic N) is 3. The van der Waals surface area contributed by atoms with Crippen LogP contribution in [0.4, 0.5) is 0 Å². The Morgan fingerprint density at radius 1 is 1.08 bits per heavy atom. The summed E-state index contributed by atoms with van der Waals surface area (Å²) in [4.78, 5) is 6.91. The Bertz CT molecular complexity index is 813. The Balaban J connectivity index is 1.84. The first-order valence-electron chi connectivity index (χ1n) is 8.08. The lowest BCUT2D eigenvalue weighted by atomic mass is 10.2. The average molecular weight is 325 g/mol. The van der Waals surface area contributed by atoms with Gasteiger partial charge in [-0.05, 0) is 18.2 Å². The van der Waals surface area contributed by atoms with Crippen molar-refractivity contribution < 1.29 is 9.84 Å². The highest BCUT2D eigenvalue weighted by molar-refractivity contribution is 5.75. The molecule has 1 heterocycles. The van der Waals surface area contributed by atoms with Gasteiger partial charge in [-0.2, -0.15) is 0 Å². The summed E-state index contributed by atoms with van der Waals surface area (Å²) in [6, 6.07) is 16.1. The van der Waals surface area contributed by atoms with Crippen molar-refractivity contribution in [2.75, 3.05) is 20.3 Å². The second kappa shape index (κ2) is 7.47. The lowest BCUT2D eigenvalue weighted by molar-refractivity contribution is 0.179. The predicted octanol–water partition coefficient (Wildman–Crippen LogP) is 2.58. The maximum absolute atomic E-state index is 9.43. The second-order valence-corrected chi connectivity index (χ2v) is 5.82. The standard InChI is InChI=1S/C19H23N3O2/c1-21-17-9-5-4-8-16(17)20-19(21)14-22(11-12-23)13-15-7-3-6-10-18(15)24-2/h3-10,23H,11-14H2,1-2H3. The van der Waals surface area contributed by atoms with Crippen LogP contribution < -0.4 is 4.74 Å². The molecular formula is C19H23N3O2. The first kappa shape index (κ1) is 16.5. The van der Waals surface area contributed by atoms with Gasteiger partial charge in [0.2, 0.25) is 0 Å². The molecule has 5 nitrogen and oxygen atoms in total. The number of rotatable bonds is 7. The summed E-state index contributed by atoms with van der Waals surface area (Å²) in [5.41, 5.74) is 3.22. The van der Waals surface area contributed by atoms with E-state index < -0.39 is 0 Å². The van der Waals surface area contributed by atoms with E-state index >= 15 is 0 Å². The smallest absolute Gasteiger partial charge is 0.123 e. The van der Waals surface area contributed by atoms with E-state index in [0.29, 0.717) is 19.6 Å². The summed E-state index contributed by atoms with van der Waals surface area (Å²) >= 11 is 0. The summed E-state index contributed by atoms with van der Waals surface area (Å²) in [5.74, 6) is 1.85. The number of aromatic nitrogens is 2. The van der Waals surface area contributed by atoms with E-state index in [-0.39, 0.29) is 6.61 Å². The topological polar surface area (TPSA) is 50.5 Å². The summed E-state index contributed by atoms with van der Waals surface area (Å²) < 4.78 is 7.55. The largest absolute Gasteiger partial charge is 0.496 e. The van der Waals surface area contributed by atoms with Crippen LogP contribution in [-0.4, -0.2) is 39.8 Å². The molecule has 0 unspecified atom stereocenters. The Hall–Kier alpha value is -2.37. The van der Waals surface area contributed by atoms with E-state index in [1.807, 2.05) is 43.4 Å². The van der Waals surface area contributed by atoms with Crippen LogP contribution in [0.15, 0.2) is 48.5 Å². The van der Waals surface area contributed by atoms with E-state index in [9.17, 15) is 5.11 Å². The van der Waals surface area contributed by atoms with Crippen LogP contribution >= 0.6 is 0 Å². The molecule has 0 spiro atoms. The molecule has 2 aromatic carbocycles. The number of hydrogen-bond acceptors (Lipinski definition) is 4. The molecule has 24 heavy (non-hydrogen) atoms. The van der Waals surface area contributed by atoms with Crippen LogP contribution in [0.1, 0.15) is 11.4 Å². The summed E-state index contributed by atoms with van der Waals surface area (Å²) in [7, 11) is 3.71. The van der Waals surface area contributed by atoms with Crippen LogP contribution in [-0.2, 0) is 20.1 Å². The molecule has 0 atom stereocenters. The van der Waals surface area contributed by atoms with Crippen molar-refractivity contribution in [3.05, 3.63) is 59.9 Å². The molecule has 126 valence electrons. The van der Waals surface area contributed by atoms with Crippen molar-refractivity contribution in [3.63, 3.8) is 0 Å². The lowest BCUT2D eigenvalue weighted by Crippen LogP contribution is -2.27. The minimum absolute atomic E-state index is 0.110. The van der Waals surface area contributed by atoms with Crippen LogP contribution in [0, 0.1) is 0 Å². The molecule has 0 amide bonds. The van der Waals surface area contributed by atoms with Gasteiger partial charge in [0.15, 0.2) is 0 Å². The third-order valence-corrected chi connectivity index (χ3v) is 4.25. The number of imidazole rings is 1. The average Bonchev–Trinajstić information content (AvgIpc) is 2.92. The molecule has 0 fully saturated rings. The number of hydrogen-bond donors (Lipinski definition) is 1. The fourth-order valence-electron chi connectivity index (χ4n) is 2.97. The van der Waals surface area contributed by atoms with Crippen molar-refractivity contribution in [1.29, 1.82) is 0 Å². The van der Waals surface area contributed by atoms with Gasteiger partial charge in [0.1, 0.15) is 11.6 Å². The number of ether oxygens (including phenoxy) is 1. The maximum atomic E-state index is 9.43. The zero-order valence-corrected chi connectivity index (χ0v) is 14.1. The van der Waals surface area contributed by atoms with Crippen molar-refractivity contribution in [3.8, 4) is 5.75 Å². The van der Waals surface area contributed by atoms with Crippen LogP contribution in [0.5, 0.6) is 5.75 Å². The summed E-state index contributed by atoms with van der Waals surface area (Å²) in [5, 5.41) is 9.43. The first-order valence-corrected chi connectivity index (χ1v) is 8.08. The second-order valence-electron chi connectivity index (χ2n) is 5.82. The number of aryl methyl sites for hydroxylation is 1. The van der Waals surface area contributed by atoms with E-state index in [0.717, 1.165) is 28.2 Å². The van der Waals surface area contributed by atoms with Gasteiger partial charge in [-0.15, -0.1) is 0 Å². The highest BCUT2D eigenvalue weighted by Crippen LogP contribution is 2.21. The normalized spacial score (nSPS) is 11.3. The molecule has 3 rings (SSSR count). The van der Waals surface area contributed by atoms with Crippen LogP contribution in [0.2, 0.25) is 0 Å². The van der Waals surface area contributed by atoms with Gasteiger partial charge in [-0.1, -0.05) is 30.3 Å². The SMILES string of the molecule is COc1ccccc1CN(CCO)Cc1nc2ccccc2n1C. The monoisotopic (exact) mass is 325 g/mol. The van der Waals surface area contributed by atoms with Crippen LogP contribution in [0.25, 0.3) is 11.0 Å². The fraction of sp³-hybridized carbons (Fsp3) is 0.316. The molecule has 0 saturated carbocycles. The van der Waals surface area contributed by atoms with Gasteiger partial charge in [-0.3, -0.25) is 4.90 Å². The fourth-order valence-corrected chi connectivity index (χ4v) is 2.97. The van der Waals surface area contributed by atoms with Gasteiger partial charge in [-0.25, -0.2) is 4.98 Å². The molecule has 0 aliphatic carbocycles. The van der Waals surface area contributed by atoms with Crippen molar-refractivity contribution in [2.45, 2.75) is 13.1 Å². The maximum Gasteiger partial charge on any atom is 0.123 e. The molecule has 5 heteroatoms. The van der Waals surface area contributed by atoms with Crippen LogP contribution in [0.3, 0.4) is 0 Å². The molecule has 0 aliphatic rings. The molecule has 0 bridgehead atoms. The summed E-state index contributed by atoms with van der Waals surface area (Å²) in [6.07, 6.45) is 0. The molecule has 0 radical (unpaired) electrons. The highest BCUT2D eigenvalue weighted by atomic mass is 16.5. The van der Waals surface area contributed by atoms with E-state index in [1.165, 1.54) is 0 Å². The lowest BCUT2D eigenvalue weighted by Gasteiger charge is -2.22. The third-order valence-electron chi connectivity index (χ3n) is 4.25. The molecule has 0 aliphatic heterocycles. The minimum atomic E-state index is 0.110. The highest BCUT2D eigenvalue weighted by Gasteiger charge is 2.14. The van der Waals surface area contributed by atoms with Gasteiger partial charge < -0.3 is 14.4 Å². The Morgan fingerprint density at radius 3 is 2.58 bits per heavy atom. The Kier molecular flexibility index (Phi) is 5.13. The molecule has 0 saturated heterocycles. The molecule has 1 aromatic heterocycles. The molecular weight excluding hydrogens is 302 g/mol. The third kappa shape index (κ3) is 3.42. The number of para-hydroxylation sites is 3. The van der Waals surface area contributed by atoms with E-state index in [4.69, 9.17) is 9.72 Å². The molecule has 3 aromatic rings. The van der Waals surface area contributed by atoms with E-state index in [2.05, 4.69) is 21.6 Å². The van der Waals surface area contributed by atoms with Gasteiger partial charge in [0, 0.05) is 25.7 Å². The number of aliphatic hydroxyl groups is 1. The van der Waals surface area contributed by atoms with Gasteiger partial charge in [0.25, 0.3) is 0 Å². The quantitative estimate of drug-likeness (QED) is 0.725.